The second-order valence-electron chi connectivity index (χ2n) is 6.90. The SMILES string of the molecule is O=C1CC(C(=O)N(Cc2ccccn2)C2CC2)CN1c1cccc(Cl)c1. The van der Waals surface area contributed by atoms with Crippen LogP contribution in [0.3, 0.4) is 0 Å². The first-order valence-electron chi connectivity index (χ1n) is 8.88. The summed E-state index contributed by atoms with van der Waals surface area (Å²) in [6.45, 7) is 0.912. The number of carbonyl (C=O) groups excluding carboxylic acids is 2. The number of rotatable bonds is 5. The molecule has 26 heavy (non-hydrogen) atoms. The highest BCUT2D eigenvalue weighted by Gasteiger charge is 2.41. The summed E-state index contributed by atoms with van der Waals surface area (Å²) in [6, 6.07) is 13.2. The molecular formula is C20H20ClN3O2. The van der Waals surface area contributed by atoms with E-state index in [9.17, 15) is 9.59 Å². The molecule has 1 atom stereocenters. The molecule has 2 fully saturated rings. The Balaban J connectivity index is 1.49. The highest BCUT2D eigenvalue weighted by atomic mass is 35.5. The van der Waals surface area contributed by atoms with E-state index in [1.807, 2.05) is 35.2 Å². The Kier molecular flexibility index (Phi) is 4.64. The van der Waals surface area contributed by atoms with E-state index in [0.717, 1.165) is 24.2 Å². The van der Waals surface area contributed by atoms with Crippen LogP contribution in [0.25, 0.3) is 0 Å². The highest BCUT2D eigenvalue weighted by Crippen LogP contribution is 2.33. The Morgan fingerprint density at radius 3 is 2.77 bits per heavy atom. The topological polar surface area (TPSA) is 53.5 Å². The van der Waals surface area contributed by atoms with Crippen LogP contribution in [0.4, 0.5) is 5.69 Å². The number of hydrogen-bond acceptors (Lipinski definition) is 3. The molecule has 1 unspecified atom stereocenters. The van der Waals surface area contributed by atoms with Crippen molar-refractivity contribution in [3.63, 3.8) is 0 Å². The number of nitrogens with zero attached hydrogens (tertiary/aromatic N) is 3. The van der Waals surface area contributed by atoms with Gasteiger partial charge in [0.15, 0.2) is 0 Å². The number of amides is 2. The number of halogens is 1. The molecule has 0 radical (unpaired) electrons. The van der Waals surface area contributed by atoms with E-state index in [0.29, 0.717) is 18.1 Å². The van der Waals surface area contributed by atoms with Gasteiger partial charge in [0.1, 0.15) is 0 Å². The summed E-state index contributed by atoms with van der Waals surface area (Å²) in [7, 11) is 0. The predicted octanol–water partition coefficient (Wildman–Crippen LogP) is 3.28. The molecule has 2 aromatic rings. The minimum absolute atomic E-state index is 0.0285. The Labute approximate surface area is 157 Å². The van der Waals surface area contributed by atoms with Crippen LogP contribution in [0, 0.1) is 5.92 Å². The summed E-state index contributed by atoms with van der Waals surface area (Å²) in [5, 5.41) is 0.583. The molecule has 2 amide bonds. The van der Waals surface area contributed by atoms with Crippen molar-refractivity contribution in [3.05, 3.63) is 59.4 Å². The average molecular weight is 370 g/mol. The molecule has 2 aliphatic rings. The summed E-state index contributed by atoms with van der Waals surface area (Å²) >= 11 is 6.04. The third-order valence-electron chi connectivity index (χ3n) is 4.92. The number of benzene rings is 1. The number of carbonyl (C=O) groups is 2. The van der Waals surface area contributed by atoms with Crippen molar-refractivity contribution in [1.29, 1.82) is 0 Å². The lowest BCUT2D eigenvalue weighted by molar-refractivity contribution is -0.137. The molecule has 4 rings (SSSR count). The molecule has 1 aliphatic heterocycles. The Morgan fingerprint density at radius 2 is 2.08 bits per heavy atom. The van der Waals surface area contributed by atoms with Crippen LogP contribution < -0.4 is 4.90 Å². The van der Waals surface area contributed by atoms with E-state index in [1.165, 1.54) is 0 Å². The molecule has 5 nitrogen and oxygen atoms in total. The highest BCUT2D eigenvalue weighted by molar-refractivity contribution is 6.31. The molecule has 1 saturated heterocycles. The smallest absolute Gasteiger partial charge is 0.228 e. The molecule has 1 aliphatic carbocycles. The standard InChI is InChI=1S/C20H20ClN3O2/c21-15-4-3-6-18(11-15)23-12-14(10-19(23)25)20(26)24(17-7-8-17)13-16-5-1-2-9-22-16/h1-6,9,11,14,17H,7-8,10,12-13H2. The van der Waals surface area contributed by atoms with E-state index in [-0.39, 0.29) is 30.2 Å². The largest absolute Gasteiger partial charge is 0.334 e. The molecule has 134 valence electrons. The van der Waals surface area contributed by atoms with Crippen LogP contribution in [0.1, 0.15) is 25.0 Å². The Morgan fingerprint density at radius 1 is 1.23 bits per heavy atom. The van der Waals surface area contributed by atoms with Gasteiger partial charge in [-0.15, -0.1) is 0 Å². The van der Waals surface area contributed by atoms with Crippen LogP contribution in [0.5, 0.6) is 0 Å². The first kappa shape index (κ1) is 17.0. The van der Waals surface area contributed by atoms with E-state index in [4.69, 9.17) is 11.6 Å². The van der Waals surface area contributed by atoms with Gasteiger partial charge in [-0.3, -0.25) is 14.6 Å². The summed E-state index contributed by atoms with van der Waals surface area (Å²) < 4.78 is 0. The van der Waals surface area contributed by atoms with Crippen molar-refractivity contribution in [2.75, 3.05) is 11.4 Å². The lowest BCUT2D eigenvalue weighted by atomic mass is 10.1. The minimum atomic E-state index is -0.314. The van der Waals surface area contributed by atoms with Crippen molar-refractivity contribution in [2.24, 2.45) is 5.92 Å². The minimum Gasteiger partial charge on any atom is -0.334 e. The van der Waals surface area contributed by atoms with Gasteiger partial charge in [0.25, 0.3) is 0 Å². The molecule has 1 aromatic carbocycles. The van der Waals surface area contributed by atoms with E-state index in [2.05, 4.69) is 4.98 Å². The molecule has 0 N–H and O–H groups in total. The van der Waals surface area contributed by atoms with Crippen LogP contribution in [0.2, 0.25) is 5.02 Å². The van der Waals surface area contributed by atoms with Gasteiger partial charge < -0.3 is 9.80 Å². The predicted molar refractivity (Wildman–Crippen MR) is 99.7 cm³/mol. The number of hydrogen-bond donors (Lipinski definition) is 0. The number of pyridine rings is 1. The molecular weight excluding hydrogens is 350 g/mol. The van der Waals surface area contributed by atoms with Crippen molar-refractivity contribution >= 4 is 29.1 Å². The molecule has 1 aromatic heterocycles. The van der Waals surface area contributed by atoms with Gasteiger partial charge >= 0.3 is 0 Å². The fourth-order valence-electron chi connectivity index (χ4n) is 3.44. The molecule has 0 spiro atoms. The van der Waals surface area contributed by atoms with Crippen molar-refractivity contribution < 1.29 is 9.59 Å². The van der Waals surface area contributed by atoms with E-state index >= 15 is 0 Å². The number of anilines is 1. The maximum atomic E-state index is 13.1. The maximum absolute atomic E-state index is 13.1. The first-order valence-corrected chi connectivity index (χ1v) is 9.26. The van der Waals surface area contributed by atoms with Crippen LogP contribution in [0.15, 0.2) is 48.7 Å². The normalized spacial score (nSPS) is 19.7. The zero-order valence-corrected chi connectivity index (χ0v) is 15.1. The summed E-state index contributed by atoms with van der Waals surface area (Å²) in [6.07, 6.45) is 4.04. The van der Waals surface area contributed by atoms with Gasteiger partial charge in [-0.25, -0.2) is 0 Å². The monoisotopic (exact) mass is 369 g/mol. The fourth-order valence-corrected chi connectivity index (χ4v) is 3.62. The summed E-state index contributed by atoms with van der Waals surface area (Å²) in [5.41, 5.74) is 1.63. The van der Waals surface area contributed by atoms with Gasteiger partial charge in [0.2, 0.25) is 11.8 Å². The third kappa shape index (κ3) is 3.58. The van der Waals surface area contributed by atoms with Crippen LogP contribution >= 0.6 is 11.6 Å². The maximum Gasteiger partial charge on any atom is 0.228 e. The van der Waals surface area contributed by atoms with Crippen molar-refractivity contribution in [3.8, 4) is 0 Å². The number of aromatic nitrogens is 1. The summed E-state index contributed by atoms with van der Waals surface area (Å²) in [5.74, 6) is -0.291. The van der Waals surface area contributed by atoms with E-state index < -0.39 is 0 Å². The first-order chi connectivity index (χ1) is 12.6. The zero-order valence-electron chi connectivity index (χ0n) is 14.3. The van der Waals surface area contributed by atoms with Gasteiger partial charge in [-0.2, -0.15) is 0 Å². The van der Waals surface area contributed by atoms with Gasteiger partial charge in [0.05, 0.1) is 18.2 Å². The van der Waals surface area contributed by atoms with Crippen LogP contribution in [-0.2, 0) is 16.1 Å². The lowest BCUT2D eigenvalue weighted by Gasteiger charge is -2.25. The fraction of sp³-hybridized carbons (Fsp3) is 0.350. The van der Waals surface area contributed by atoms with Crippen molar-refractivity contribution in [1.82, 2.24) is 9.88 Å². The molecule has 0 bridgehead atoms. The molecule has 1 saturated carbocycles. The van der Waals surface area contributed by atoms with Crippen molar-refractivity contribution in [2.45, 2.75) is 31.8 Å². The van der Waals surface area contributed by atoms with Gasteiger partial charge in [-0.05, 0) is 43.2 Å². The molecule has 6 heteroatoms. The Hall–Kier alpha value is -2.40. The molecule has 2 heterocycles. The quantitative estimate of drug-likeness (QED) is 0.812. The average Bonchev–Trinajstić information content (AvgIpc) is 3.41. The van der Waals surface area contributed by atoms with Gasteiger partial charge in [-0.1, -0.05) is 23.7 Å². The van der Waals surface area contributed by atoms with Gasteiger partial charge in [0, 0.05) is 35.9 Å². The second kappa shape index (κ2) is 7.08. The zero-order chi connectivity index (χ0) is 18.1. The lowest BCUT2D eigenvalue weighted by Crippen LogP contribution is -2.38. The van der Waals surface area contributed by atoms with E-state index in [1.54, 1.807) is 23.2 Å². The van der Waals surface area contributed by atoms with Crippen LogP contribution in [-0.4, -0.2) is 34.3 Å². The summed E-state index contributed by atoms with van der Waals surface area (Å²) in [4.78, 5) is 33.5. The Bertz CT molecular complexity index is 823. The third-order valence-corrected chi connectivity index (χ3v) is 5.16. The second-order valence-corrected chi connectivity index (χ2v) is 7.34.